The number of carboxylic acid groups (broad SMARTS) is 1. The zero-order valence-electron chi connectivity index (χ0n) is 9.21. The molecule has 0 bridgehead atoms. The first-order valence-corrected chi connectivity index (χ1v) is 5.07. The highest BCUT2D eigenvalue weighted by Gasteiger charge is 2.11. The molecule has 0 amide bonds. The van der Waals surface area contributed by atoms with Gasteiger partial charge >= 0.3 is 5.97 Å². The Morgan fingerprint density at radius 2 is 2.06 bits per heavy atom. The van der Waals surface area contributed by atoms with E-state index in [1.807, 2.05) is 13.0 Å². The van der Waals surface area contributed by atoms with Gasteiger partial charge in [-0.15, -0.1) is 0 Å². The second-order valence-electron chi connectivity index (χ2n) is 3.73. The highest BCUT2D eigenvalue weighted by Crippen LogP contribution is 2.27. The lowest BCUT2D eigenvalue weighted by molar-refractivity contribution is 0.0694. The summed E-state index contributed by atoms with van der Waals surface area (Å²) >= 11 is 0. The topological polar surface area (TPSA) is 70.4 Å². The molecule has 0 aliphatic carbocycles. The van der Waals surface area contributed by atoms with Crippen LogP contribution in [0.1, 0.15) is 15.9 Å². The molecule has 0 aliphatic rings. The number of aryl methyl sites for hydroxylation is 1. The van der Waals surface area contributed by atoms with E-state index in [1.54, 1.807) is 18.5 Å². The molecule has 2 aromatic rings. The van der Waals surface area contributed by atoms with Crippen LogP contribution in [0, 0.1) is 6.92 Å². The van der Waals surface area contributed by atoms with Gasteiger partial charge in [0, 0.05) is 18.0 Å². The van der Waals surface area contributed by atoms with E-state index in [1.165, 1.54) is 12.1 Å². The van der Waals surface area contributed by atoms with Crippen LogP contribution in [0.4, 0.5) is 0 Å². The highest BCUT2D eigenvalue weighted by atomic mass is 16.4. The van der Waals surface area contributed by atoms with Crippen molar-refractivity contribution >= 4 is 5.97 Å². The molecule has 0 fully saturated rings. The summed E-state index contributed by atoms with van der Waals surface area (Å²) in [5, 5.41) is 18.4. The molecular weight excluding hydrogens is 218 g/mol. The summed E-state index contributed by atoms with van der Waals surface area (Å²) in [4.78, 5) is 14.9. The predicted octanol–water partition coefficient (Wildman–Crippen LogP) is 2.46. The SMILES string of the molecule is Cc1ccncc1-c1ccc(O)c(C(=O)O)c1. The van der Waals surface area contributed by atoms with Gasteiger partial charge in [-0.2, -0.15) is 0 Å². The van der Waals surface area contributed by atoms with Crippen molar-refractivity contribution in [3.8, 4) is 16.9 Å². The summed E-state index contributed by atoms with van der Waals surface area (Å²) in [6.07, 6.45) is 3.35. The maximum Gasteiger partial charge on any atom is 0.339 e. The quantitative estimate of drug-likeness (QED) is 0.829. The van der Waals surface area contributed by atoms with Crippen molar-refractivity contribution in [1.29, 1.82) is 0 Å². The first kappa shape index (κ1) is 11.1. The monoisotopic (exact) mass is 229 g/mol. The van der Waals surface area contributed by atoms with Crippen LogP contribution in [-0.4, -0.2) is 21.2 Å². The molecule has 0 unspecified atom stereocenters. The molecule has 0 saturated heterocycles. The minimum atomic E-state index is -1.15. The van der Waals surface area contributed by atoms with Crippen LogP contribution in [0.5, 0.6) is 5.75 Å². The van der Waals surface area contributed by atoms with Gasteiger partial charge in [-0.25, -0.2) is 4.79 Å². The number of benzene rings is 1. The van der Waals surface area contributed by atoms with Gasteiger partial charge in [-0.05, 0) is 36.2 Å². The van der Waals surface area contributed by atoms with Crippen LogP contribution >= 0.6 is 0 Å². The van der Waals surface area contributed by atoms with E-state index < -0.39 is 5.97 Å². The molecule has 2 rings (SSSR count). The lowest BCUT2D eigenvalue weighted by atomic mass is 10.0. The molecule has 4 nitrogen and oxygen atoms in total. The summed E-state index contributed by atoms with van der Waals surface area (Å²) in [7, 11) is 0. The van der Waals surface area contributed by atoms with Gasteiger partial charge in [0.1, 0.15) is 11.3 Å². The molecule has 1 heterocycles. The normalized spacial score (nSPS) is 10.2. The molecule has 17 heavy (non-hydrogen) atoms. The Morgan fingerprint density at radius 3 is 2.71 bits per heavy atom. The Balaban J connectivity index is 2.58. The third kappa shape index (κ3) is 2.10. The number of pyridine rings is 1. The molecule has 2 N–H and O–H groups in total. The Hall–Kier alpha value is -2.36. The zero-order chi connectivity index (χ0) is 12.4. The molecule has 0 radical (unpaired) electrons. The number of aromatic carboxylic acids is 1. The fourth-order valence-corrected chi connectivity index (χ4v) is 1.64. The van der Waals surface area contributed by atoms with E-state index in [4.69, 9.17) is 5.11 Å². The lowest BCUT2D eigenvalue weighted by Crippen LogP contribution is -1.97. The second kappa shape index (κ2) is 4.25. The van der Waals surface area contributed by atoms with E-state index in [9.17, 15) is 9.90 Å². The number of hydrogen-bond acceptors (Lipinski definition) is 3. The Kier molecular flexibility index (Phi) is 2.78. The predicted molar refractivity (Wildman–Crippen MR) is 63.0 cm³/mol. The first-order valence-electron chi connectivity index (χ1n) is 5.07. The maximum atomic E-state index is 10.9. The summed E-state index contributed by atoms with van der Waals surface area (Å²) in [5.41, 5.74) is 2.48. The Morgan fingerprint density at radius 1 is 1.29 bits per heavy atom. The summed E-state index contributed by atoms with van der Waals surface area (Å²) in [6, 6.07) is 6.35. The van der Waals surface area contributed by atoms with Gasteiger partial charge in [0.25, 0.3) is 0 Å². The van der Waals surface area contributed by atoms with Gasteiger partial charge < -0.3 is 10.2 Å². The van der Waals surface area contributed by atoms with Crippen LogP contribution in [0.25, 0.3) is 11.1 Å². The van der Waals surface area contributed by atoms with Crippen molar-refractivity contribution in [3.63, 3.8) is 0 Å². The van der Waals surface area contributed by atoms with Crippen LogP contribution < -0.4 is 0 Å². The number of aromatic hydroxyl groups is 1. The zero-order valence-corrected chi connectivity index (χ0v) is 9.21. The largest absolute Gasteiger partial charge is 0.507 e. The van der Waals surface area contributed by atoms with Gasteiger partial charge in [-0.3, -0.25) is 4.98 Å². The van der Waals surface area contributed by atoms with Crippen molar-refractivity contribution in [2.24, 2.45) is 0 Å². The molecule has 0 saturated carbocycles. The van der Waals surface area contributed by atoms with Gasteiger partial charge in [0.05, 0.1) is 0 Å². The van der Waals surface area contributed by atoms with Crippen LogP contribution in [0.3, 0.4) is 0 Å². The Labute approximate surface area is 98.2 Å². The third-order valence-corrected chi connectivity index (χ3v) is 2.58. The van der Waals surface area contributed by atoms with Crippen molar-refractivity contribution in [3.05, 3.63) is 47.8 Å². The van der Waals surface area contributed by atoms with E-state index in [-0.39, 0.29) is 11.3 Å². The summed E-state index contributed by atoms with van der Waals surface area (Å²) < 4.78 is 0. The minimum absolute atomic E-state index is 0.106. The number of nitrogens with zero attached hydrogens (tertiary/aromatic N) is 1. The molecular formula is C13H11NO3. The summed E-state index contributed by atoms with van der Waals surface area (Å²) in [5.74, 6) is -1.38. The second-order valence-corrected chi connectivity index (χ2v) is 3.73. The van der Waals surface area contributed by atoms with Crippen molar-refractivity contribution in [2.75, 3.05) is 0 Å². The standard InChI is InChI=1S/C13H11NO3/c1-8-4-5-14-7-11(8)9-2-3-12(15)10(6-9)13(16)17/h2-7,15H,1H3,(H,16,17). The number of phenols is 1. The smallest absolute Gasteiger partial charge is 0.339 e. The fourth-order valence-electron chi connectivity index (χ4n) is 1.64. The fraction of sp³-hybridized carbons (Fsp3) is 0.0769. The number of hydrogen-bond donors (Lipinski definition) is 2. The third-order valence-electron chi connectivity index (χ3n) is 2.58. The number of carbonyl (C=O) groups is 1. The number of aromatic nitrogens is 1. The van der Waals surface area contributed by atoms with Gasteiger partial charge in [0.2, 0.25) is 0 Å². The van der Waals surface area contributed by atoms with E-state index in [0.717, 1.165) is 16.7 Å². The highest BCUT2D eigenvalue weighted by molar-refractivity contribution is 5.92. The average Bonchev–Trinajstić information content (AvgIpc) is 2.30. The lowest BCUT2D eigenvalue weighted by Gasteiger charge is -2.07. The minimum Gasteiger partial charge on any atom is -0.507 e. The molecule has 0 spiro atoms. The van der Waals surface area contributed by atoms with Crippen LogP contribution in [0.2, 0.25) is 0 Å². The van der Waals surface area contributed by atoms with Gasteiger partial charge in [0.15, 0.2) is 0 Å². The van der Waals surface area contributed by atoms with Crippen LogP contribution in [0.15, 0.2) is 36.7 Å². The van der Waals surface area contributed by atoms with Crippen LogP contribution in [-0.2, 0) is 0 Å². The molecule has 1 aromatic carbocycles. The maximum absolute atomic E-state index is 10.9. The van der Waals surface area contributed by atoms with E-state index in [0.29, 0.717) is 0 Å². The molecule has 86 valence electrons. The molecule has 1 aromatic heterocycles. The first-order chi connectivity index (χ1) is 8.09. The average molecular weight is 229 g/mol. The molecule has 0 atom stereocenters. The van der Waals surface area contributed by atoms with E-state index in [2.05, 4.69) is 4.98 Å². The molecule has 0 aliphatic heterocycles. The van der Waals surface area contributed by atoms with Crippen molar-refractivity contribution in [1.82, 2.24) is 4.98 Å². The number of rotatable bonds is 2. The van der Waals surface area contributed by atoms with Gasteiger partial charge in [-0.1, -0.05) is 6.07 Å². The van der Waals surface area contributed by atoms with Crippen molar-refractivity contribution < 1.29 is 15.0 Å². The van der Waals surface area contributed by atoms with Crippen molar-refractivity contribution in [2.45, 2.75) is 6.92 Å². The Bertz CT molecular complexity index is 579. The van der Waals surface area contributed by atoms with E-state index >= 15 is 0 Å². The number of carboxylic acids is 1. The summed E-state index contributed by atoms with van der Waals surface area (Å²) in [6.45, 7) is 1.92. The molecule has 4 heteroatoms.